The van der Waals surface area contributed by atoms with E-state index in [1.165, 1.54) is 12.8 Å². The van der Waals surface area contributed by atoms with Crippen molar-refractivity contribution in [2.75, 3.05) is 13.1 Å². The van der Waals surface area contributed by atoms with Crippen LogP contribution >= 0.6 is 35.3 Å². The maximum Gasteiger partial charge on any atom is 0.434 e. The van der Waals surface area contributed by atoms with Crippen LogP contribution < -0.4 is 10.6 Å². The number of nitrogens with one attached hydrogen (secondary N) is 2. The summed E-state index contributed by atoms with van der Waals surface area (Å²) in [6.45, 7) is 3.67. The molecule has 1 aliphatic carbocycles. The normalized spacial score (nSPS) is 15.5. The Balaban J connectivity index is 0.00000220. The predicted molar refractivity (Wildman–Crippen MR) is 88.1 cm³/mol. The summed E-state index contributed by atoms with van der Waals surface area (Å²) in [7, 11) is 0. The van der Waals surface area contributed by atoms with E-state index in [1.807, 2.05) is 6.92 Å². The molecule has 2 N–H and O–H groups in total. The number of thiazole rings is 1. The van der Waals surface area contributed by atoms with Crippen LogP contribution in [0.3, 0.4) is 0 Å². The van der Waals surface area contributed by atoms with Crippen molar-refractivity contribution >= 4 is 41.3 Å². The number of nitrogens with zero attached hydrogens (tertiary/aromatic N) is 2. The molecular weight excluding hydrogens is 416 g/mol. The highest BCUT2D eigenvalue weighted by atomic mass is 127. The van der Waals surface area contributed by atoms with Gasteiger partial charge in [-0.3, -0.25) is 0 Å². The number of rotatable bonds is 5. The molecule has 1 heterocycles. The van der Waals surface area contributed by atoms with Crippen LogP contribution in [0.5, 0.6) is 0 Å². The summed E-state index contributed by atoms with van der Waals surface area (Å²) in [5.74, 6) is 1.33. The second-order valence-corrected chi connectivity index (χ2v) is 5.59. The first kappa shape index (κ1) is 18.5. The fourth-order valence-corrected chi connectivity index (χ4v) is 2.29. The molecule has 0 saturated heterocycles. The molecular formula is C12H18F3IN4S. The van der Waals surface area contributed by atoms with Crippen LogP contribution in [0.4, 0.5) is 13.2 Å². The molecule has 21 heavy (non-hydrogen) atoms. The second kappa shape index (κ2) is 8.16. The number of aliphatic imine (C=N–C) groups is 1. The molecule has 1 aromatic rings. The van der Waals surface area contributed by atoms with Gasteiger partial charge in [-0.25, -0.2) is 9.98 Å². The van der Waals surface area contributed by atoms with Gasteiger partial charge in [-0.2, -0.15) is 13.2 Å². The standard InChI is InChI=1S/C12H17F3N4S.HI/c1-2-16-11(17-5-8-3-4-8)18-6-10-19-9(7-20-10)12(13,14)15;/h7-8H,2-6H2,1H3,(H2,16,17,18);1H. The molecule has 0 bridgehead atoms. The quantitative estimate of drug-likeness (QED) is 0.425. The van der Waals surface area contributed by atoms with E-state index in [9.17, 15) is 13.2 Å². The molecule has 0 amide bonds. The highest BCUT2D eigenvalue weighted by molar-refractivity contribution is 14.0. The van der Waals surface area contributed by atoms with E-state index >= 15 is 0 Å². The van der Waals surface area contributed by atoms with Crippen LogP contribution in [0.15, 0.2) is 10.4 Å². The molecule has 0 aliphatic heterocycles. The van der Waals surface area contributed by atoms with E-state index in [1.54, 1.807) is 0 Å². The number of hydrogen-bond donors (Lipinski definition) is 2. The van der Waals surface area contributed by atoms with E-state index in [-0.39, 0.29) is 30.5 Å². The van der Waals surface area contributed by atoms with Gasteiger partial charge in [-0.15, -0.1) is 35.3 Å². The first-order valence-electron chi connectivity index (χ1n) is 6.53. The largest absolute Gasteiger partial charge is 0.434 e. The summed E-state index contributed by atoms with van der Waals surface area (Å²) in [6.07, 6.45) is -1.92. The highest BCUT2D eigenvalue weighted by Gasteiger charge is 2.33. The number of guanidine groups is 1. The molecule has 0 spiro atoms. The predicted octanol–water partition coefficient (Wildman–Crippen LogP) is 3.25. The average Bonchev–Trinajstić information content (AvgIpc) is 3.07. The third kappa shape index (κ3) is 6.37. The van der Waals surface area contributed by atoms with Crippen LogP contribution in [0.25, 0.3) is 0 Å². The van der Waals surface area contributed by atoms with Crippen molar-refractivity contribution in [3.8, 4) is 0 Å². The van der Waals surface area contributed by atoms with E-state index in [4.69, 9.17) is 0 Å². The summed E-state index contributed by atoms with van der Waals surface area (Å²) >= 11 is 0.979. The van der Waals surface area contributed by atoms with E-state index in [0.29, 0.717) is 23.4 Å². The van der Waals surface area contributed by atoms with Gasteiger partial charge < -0.3 is 10.6 Å². The summed E-state index contributed by atoms with van der Waals surface area (Å²) in [5.41, 5.74) is -0.844. The highest BCUT2D eigenvalue weighted by Crippen LogP contribution is 2.30. The summed E-state index contributed by atoms with van der Waals surface area (Å²) in [6, 6.07) is 0. The van der Waals surface area contributed by atoms with Gasteiger partial charge in [0.2, 0.25) is 0 Å². The Morgan fingerprint density at radius 2 is 2.14 bits per heavy atom. The minimum atomic E-state index is -4.38. The lowest BCUT2D eigenvalue weighted by molar-refractivity contribution is -0.140. The Labute approximate surface area is 142 Å². The maximum absolute atomic E-state index is 12.4. The molecule has 9 heteroatoms. The zero-order chi connectivity index (χ0) is 14.6. The molecule has 120 valence electrons. The fraction of sp³-hybridized carbons (Fsp3) is 0.667. The Morgan fingerprint density at radius 1 is 1.43 bits per heavy atom. The summed E-state index contributed by atoms with van der Waals surface area (Å²) in [4.78, 5) is 7.81. The van der Waals surface area contributed by atoms with Gasteiger partial charge in [0.1, 0.15) is 5.01 Å². The van der Waals surface area contributed by atoms with Crippen LogP contribution in [0.1, 0.15) is 30.5 Å². The van der Waals surface area contributed by atoms with E-state index < -0.39 is 11.9 Å². The van der Waals surface area contributed by atoms with Gasteiger partial charge in [0.05, 0.1) is 6.54 Å². The van der Waals surface area contributed by atoms with Crippen molar-refractivity contribution < 1.29 is 13.2 Å². The van der Waals surface area contributed by atoms with Crippen molar-refractivity contribution in [1.82, 2.24) is 15.6 Å². The Kier molecular flexibility index (Phi) is 7.17. The third-order valence-electron chi connectivity index (χ3n) is 2.81. The zero-order valence-corrected chi connectivity index (χ0v) is 14.7. The molecule has 0 atom stereocenters. The monoisotopic (exact) mass is 434 g/mol. The first-order chi connectivity index (χ1) is 9.49. The Hall–Kier alpha value is -0.580. The number of halogens is 4. The molecule has 2 rings (SSSR count). The van der Waals surface area contributed by atoms with Gasteiger partial charge in [0.15, 0.2) is 11.7 Å². The summed E-state index contributed by atoms with van der Waals surface area (Å²) < 4.78 is 37.3. The van der Waals surface area contributed by atoms with Gasteiger partial charge in [-0.05, 0) is 25.7 Å². The Morgan fingerprint density at radius 3 is 2.67 bits per heavy atom. The molecule has 4 nitrogen and oxygen atoms in total. The molecule has 1 fully saturated rings. The van der Waals surface area contributed by atoms with E-state index in [2.05, 4.69) is 20.6 Å². The van der Waals surface area contributed by atoms with Crippen LogP contribution in [-0.4, -0.2) is 24.0 Å². The molecule has 1 aliphatic rings. The van der Waals surface area contributed by atoms with Crippen molar-refractivity contribution in [3.63, 3.8) is 0 Å². The molecule has 1 aromatic heterocycles. The SMILES string of the molecule is CCNC(=NCc1nc(C(F)(F)F)cs1)NCC1CC1.I. The number of alkyl halides is 3. The topological polar surface area (TPSA) is 49.3 Å². The third-order valence-corrected chi connectivity index (χ3v) is 3.65. The first-order valence-corrected chi connectivity index (χ1v) is 7.40. The van der Waals surface area contributed by atoms with Crippen LogP contribution in [0, 0.1) is 5.92 Å². The van der Waals surface area contributed by atoms with Crippen molar-refractivity contribution in [3.05, 3.63) is 16.1 Å². The molecule has 0 unspecified atom stereocenters. The van der Waals surface area contributed by atoms with Gasteiger partial charge in [0.25, 0.3) is 0 Å². The lowest BCUT2D eigenvalue weighted by atomic mass is 10.4. The van der Waals surface area contributed by atoms with Gasteiger partial charge in [0, 0.05) is 18.5 Å². The lowest BCUT2D eigenvalue weighted by Crippen LogP contribution is -2.38. The molecule has 1 saturated carbocycles. The average molecular weight is 434 g/mol. The smallest absolute Gasteiger partial charge is 0.357 e. The van der Waals surface area contributed by atoms with Crippen molar-refractivity contribution in [2.24, 2.45) is 10.9 Å². The van der Waals surface area contributed by atoms with E-state index in [0.717, 1.165) is 23.3 Å². The minimum Gasteiger partial charge on any atom is -0.357 e. The van der Waals surface area contributed by atoms with Crippen LogP contribution in [-0.2, 0) is 12.7 Å². The number of hydrogen-bond acceptors (Lipinski definition) is 3. The van der Waals surface area contributed by atoms with Gasteiger partial charge in [-0.1, -0.05) is 0 Å². The minimum absolute atomic E-state index is 0. The van der Waals surface area contributed by atoms with Crippen LogP contribution in [0.2, 0.25) is 0 Å². The second-order valence-electron chi connectivity index (χ2n) is 4.64. The maximum atomic E-state index is 12.4. The summed E-state index contributed by atoms with van der Waals surface area (Å²) in [5, 5.41) is 7.64. The fourth-order valence-electron chi connectivity index (χ4n) is 1.57. The van der Waals surface area contributed by atoms with Crippen molar-refractivity contribution in [2.45, 2.75) is 32.5 Å². The number of aromatic nitrogens is 1. The molecule has 0 aromatic carbocycles. The van der Waals surface area contributed by atoms with Crippen molar-refractivity contribution in [1.29, 1.82) is 0 Å². The molecule has 0 radical (unpaired) electrons. The zero-order valence-electron chi connectivity index (χ0n) is 11.5. The Bertz CT molecular complexity index is 471. The van der Waals surface area contributed by atoms with Gasteiger partial charge >= 0.3 is 6.18 Å². The lowest BCUT2D eigenvalue weighted by Gasteiger charge is -2.10.